The first kappa shape index (κ1) is 16.5. The maximum Gasteiger partial charge on any atom is 0.418 e. The molecule has 0 amide bonds. The number of rotatable bonds is 3. The molecule has 0 atom stereocenters. The largest absolute Gasteiger partial charge is 0.496 e. The molecular weight excluding hydrogens is 350 g/mol. The number of benzene rings is 1. The second-order valence-corrected chi connectivity index (χ2v) is 6.39. The van der Waals surface area contributed by atoms with Gasteiger partial charge in [-0.25, -0.2) is 4.79 Å². The third-order valence-electron chi connectivity index (χ3n) is 3.02. The molecule has 0 aliphatic carbocycles. The van der Waals surface area contributed by atoms with Gasteiger partial charge in [0.05, 0.1) is 23.5 Å². The second kappa shape index (κ2) is 6.12. The summed E-state index contributed by atoms with van der Waals surface area (Å²) in [5.41, 5.74) is 0.448. The molecule has 1 aromatic heterocycles. The Morgan fingerprint density at radius 3 is 2.50 bits per heavy atom. The number of hydrogen-bond acceptors (Lipinski definition) is 4. The van der Waals surface area contributed by atoms with Crippen LogP contribution in [0.2, 0.25) is 0 Å². The number of halogens is 1. The fraction of sp³-hybridized carbons (Fsp3) is 0.375. The monoisotopic (exact) mass is 367 g/mol. The highest BCUT2D eigenvalue weighted by Gasteiger charge is 2.21. The summed E-state index contributed by atoms with van der Waals surface area (Å²) in [6, 6.07) is 5.18. The second-order valence-electron chi connectivity index (χ2n) is 5.83. The van der Waals surface area contributed by atoms with Gasteiger partial charge in [0.15, 0.2) is 5.78 Å². The molecule has 5 nitrogen and oxygen atoms in total. The lowest BCUT2D eigenvalue weighted by Crippen LogP contribution is -2.26. The average molecular weight is 368 g/mol. The average Bonchev–Trinajstić information content (AvgIpc) is 2.86. The molecule has 22 heavy (non-hydrogen) atoms. The minimum Gasteiger partial charge on any atom is -0.496 e. The van der Waals surface area contributed by atoms with Crippen molar-refractivity contribution in [3.63, 3.8) is 0 Å². The first-order chi connectivity index (χ1) is 10.3. The van der Waals surface area contributed by atoms with Crippen molar-refractivity contribution in [2.75, 3.05) is 12.4 Å². The van der Waals surface area contributed by atoms with Gasteiger partial charge in [-0.1, -0.05) is 15.9 Å². The maximum absolute atomic E-state index is 12.3. The van der Waals surface area contributed by atoms with Crippen LogP contribution in [0.4, 0.5) is 4.79 Å². The Hall–Kier alpha value is -1.82. The quantitative estimate of drug-likeness (QED) is 0.607. The highest BCUT2D eigenvalue weighted by Crippen LogP contribution is 2.28. The molecule has 0 aliphatic heterocycles. The molecule has 2 rings (SSSR count). The van der Waals surface area contributed by atoms with E-state index in [-0.39, 0.29) is 11.1 Å². The van der Waals surface area contributed by atoms with Gasteiger partial charge < -0.3 is 9.47 Å². The van der Waals surface area contributed by atoms with Gasteiger partial charge in [-0.2, -0.15) is 0 Å². The number of hydrogen-bond donors (Lipinski definition) is 0. The molecule has 0 saturated carbocycles. The van der Waals surface area contributed by atoms with Gasteiger partial charge in [-0.3, -0.25) is 9.36 Å². The summed E-state index contributed by atoms with van der Waals surface area (Å²) in [4.78, 5) is 24.3. The molecule has 0 radical (unpaired) electrons. The summed E-state index contributed by atoms with van der Waals surface area (Å²) < 4.78 is 12.0. The minimum absolute atomic E-state index is 0.115. The van der Waals surface area contributed by atoms with E-state index >= 15 is 0 Å². The summed E-state index contributed by atoms with van der Waals surface area (Å²) in [5.74, 6) is 0.370. The van der Waals surface area contributed by atoms with Gasteiger partial charge in [0, 0.05) is 11.6 Å². The van der Waals surface area contributed by atoms with Gasteiger partial charge in [0.25, 0.3) is 0 Å². The van der Waals surface area contributed by atoms with Crippen LogP contribution < -0.4 is 4.74 Å². The van der Waals surface area contributed by atoms with Crippen molar-refractivity contribution < 1.29 is 19.1 Å². The van der Waals surface area contributed by atoms with Crippen LogP contribution in [0.15, 0.2) is 24.4 Å². The van der Waals surface area contributed by atoms with Crippen molar-refractivity contribution in [2.24, 2.45) is 0 Å². The molecule has 0 spiro atoms. The molecule has 1 heterocycles. The lowest BCUT2D eigenvalue weighted by atomic mass is 10.1. The predicted molar refractivity (Wildman–Crippen MR) is 88.2 cm³/mol. The first-order valence-corrected chi connectivity index (χ1v) is 7.90. The van der Waals surface area contributed by atoms with E-state index in [4.69, 9.17) is 9.47 Å². The Bertz CT molecular complexity index is 728. The number of alkyl halides is 1. The van der Waals surface area contributed by atoms with E-state index in [0.717, 1.165) is 5.39 Å². The number of ether oxygens (including phenoxy) is 2. The first-order valence-electron chi connectivity index (χ1n) is 6.78. The summed E-state index contributed by atoms with van der Waals surface area (Å²) in [7, 11) is 1.51. The number of methoxy groups -OCH3 is 1. The number of aromatic nitrogens is 1. The molecular formula is C16H18BrNO4. The van der Waals surface area contributed by atoms with Crippen LogP contribution in [0, 0.1) is 0 Å². The Kier molecular flexibility index (Phi) is 4.60. The van der Waals surface area contributed by atoms with Crippen molar-refractivity contribution in [3.8, 4) is 5.75 Å². The molecule has 1 aromatic carbocycles. The summed E-state index contributed by atoms with van der Waals surface area (Å²) in [6.45, 7) is 5.41. The van der Waals surface area contributed by atoms with Crippen LogP contribution >= 0.6 is 15.9 Å². The molecule has 0 fully saturated rings. The van der Waals surface area contributed by atoms with Crippen molar-refractivity contribution in [1.29, 1.82) is 0 Å². The van der Waals surface area contributed by atoms with Crippen LogP contribution in [0.1, 0.15) is 31.1 Å². The van der Waals surface area contributed by atoms with Crippen molar-refractivity contribution >= 4 is 38.7 Å². The molecule has 0 N–H and O–H groups in total. The van der Waals surface area contributed by atoms with Crippen molar-refractivity contribution in [1.82, 2.24) is 4.57 Å². The van der Waals surface area contributed by atoms with E-state index in [0.29, 0.717) is 16.8 Å². The molecule has 0 unspecified atom stereocenters. The number of ketones is 1. The van der Waals surface area contributed by atoms with E-state index in [1.54, 1.807) is 45.2 Å². The molecule has 0 bridgehead atoms. The molecule has 118 valence electrons. The Labute approximate surface area is 137 Å². The fourth-order valence-electron chi connectivity index (χ4n) is 2.09. The third-order valence-corrected chi connectivity index (χ3v) is 3.53. The summed E-state index contributed by atoms with van der Waals surface area (Å²) >= 11 is 3.15. The SMILES string of the molecule is COc1cc2ccn(C(=O)OC(C)(C)C)c2cc1C(=O)CBr. The van der Waals surface area contributed by atoms with Crippen LogP contribution in [0.3, 0.4) is 0 Å². The topological polar surface area (TPSA) is 57.5 Å². The summed E-state index contributed by atoms with van der Waals surface area (Å²) in [5, 5.41) is 0.982. The van der Waals surface area contributed by atoms with Crippen LogP contribution in [-0.2, 0) is 4.74 Å². The highest BCUT2D eigenvalue weighted by atomic mass is 79.9. The number of fused-ring (bicyclic) bond motifs is 1. The van der Waals surface area contributed by atoms with E-state index in [1.807, 2.05) is 0 Å². The Morgan fingerprint density at radius 2 is 1.95 bits per heavy atom. The Balaban J connectivity index is 2.55. The maximum atomic E-state index is 12.3. The number of nitrogens with zero attached hydrogens (tertiary/aromatic N) is 1. The van der Waals surface area contributed by atoms with E-state index in [1.165, 1.54) is 11.7 Å². The van der Waals surface area contributed by atoms with Crippen molar-refractivity contribution in [3.05, 3.63) is 30.0 Å². The zero-order chi connectivity index (χ0) is 16.5. The van der Waals surface area contributed by atoms with Gasteiger partial charge in [0.1, 0.15) is 11.4 Å². The van der Waals surface area contributed by atoms with Crippen LogP contribution in [0.25, 0.3) is 10.9 Å². The smallest absolute Gasteiger partial charge is 0.418 e. The van der Waals surface area contributed by atoms with Crippen LogP contribution in [-0.4, -0.2) is 34.5 Å². The fourth-order valence-corrected chi connectivity index (χ4v) is 2.39. The van der Waals surface area contributed by atoms with E-state index < -0.39 is 11.7 Å². The number of carbonyl (C=O) groups excluding carboxylic acids is 2. The van der Waals surface area contributed by atoms with Gasteiger partial charge in [-0.05, 0) is 39.0 Å². The van der Waals surface area contributed by atoms with Gasteiger partial charge in [0.2, 0.25) is 0 Å². The highest BCUT2D eigenvalue weighted by molar-refractivity contribution is 9.09. The lowest BCUT2D eigenvalue weighted by molar-refractivity contribution is 0.0544. The number of carbonyl (C=O) groups is 2. The minimum atomic E-state index is -0.589. The van der Waals surface area contributed by atoms with Crippen molar-refractivity contribution in [2.45, 2.75) is 26.4 Å². The zero-order valence-corrected chi connectivity index (χ0v) is 14.6. The van der Waals surface area contributed by atoms with Gasteiger partial charge >= 0.3 is 6.09 Å². The standard InChI is InChI=1S/C16H18BrNO4/c1-16(2,3)22-15(20)18-6-5-10-7-14(21-4)11(8-12(10)18)13(19)9-17/h5-8H,9H2,1-4H3. The van der Waals surface area contributed by atoms with E-state index in [2.05, 4.69) is 15.9 Å². The molecule has 0 saturated heterocycles. The molecule has 0 aliphatic rings. The van der Waals surface area contributed by atoms with Crippen LogP contribution in [0.5, 0.6) is 5.75 Å². The summed E-state index contributed by atoms with van der Waals surface area (Å²) in [6.07, 6.45) is 1.14. The number of Topliss-reactive ketones (excluding diaryl/α,β-unsaturated/α-hetero) is 1. The van der Waals surface area contributed by atoms with Gasteiger partial charge in [-0.15, -0.1) is 0 Å². The molecule has 6 heteroatoms. The zero-order valence-electron chi connectivity index (χ0n) is 13.0. The lowest BCUT2D eigenvalue weighted by Gasteiger charge is -2.20. The third kappa shape index (κ3) is 3.32. The predicted octanol–water partition coefficient (Wildman–Crippen LogP) is 4.01. The molecule has 2 aromatic rings. The normalized spacial score (nSPS) is 11.5. The Morgan fingerprint density at radius 1 is 1.27 bits per heavy atom. The van der Waals surface area contributed by atoms with E-state index in [9.17, 15) is 9.59 Å².